The molecule has 1 rings (SSSR count). The molecule has 0 saturated carbocycles. The molecule has 0 radical (unpaired) electrons. The Morgan fingerprint density at radius 2 is 2.44 bits per heavy atom. The van der Waals surface area contributed by atoms with Gasteiger partial charge < -0.3 is 16.2 Å². The zero-order chi connectivity index (χ0) is 12.2. The molecule has 0 bridgehead atoms. The van der Waals surface area contributed by atoms with Gasteiger partial charge in [0, 0.05) is 11.9 Å². The van der Waals surface area contributed by atoms with Crippen molar-refractivity contribution in [1.82, 2.24) is 10.3 Å². The Labute approximate surface area is 98.7 Å². The fourth-order valence-electron chi connectivity index (χ4n) is 1.04. The minimum absolute atomic E-state index is 0.154. The number of thiazole rings is 1. The van der Waals surface area contributed by atoms with E-state index in [0.29, 0.717) is 17.2 Å². The van der Waals surface area contributed by atoms with Crippen LogP contribution in [0.25, 0.3) is 0 Å². The third-order valence-electron chi connectivity index (χ3n) is 2.34. The fourth-order valence-corrected chi connectivity index (χ4v) is 1.61. The molecule has 1 heterocycles. The molecule has 90 valence electrons. The maximum absolute atomic E-state index is 11.5. The molecule has 0 aliphatic rings. The van der Waals surface area contributed by atoms with Crippen molar-refractivity contribution in [2.45, 2.75) is 32.3 Å². The lowest BCUT2D eigenvalue weighted by molar-refractivity contribution is -0.121. The van der Waals surface area contributed by atoms with Crippen LogP contribution in [0.4, 0.5) is 5.13 Å². The Bertz CT molecular complexity index is 363. The van der Waals surface area contributed by atoms with Crippen LogP contribution >= 0.6 is 11.3 Å². The molecule has 0 saturated heterocycles. The number of aliphatic hydroxyl groups is 1. The second kappa shape index (κ2) is 5.27. The maximum atomic E-state index is 11.5. The molecule has 0 spiro atoms. The van der Waals surface area contributed by atoms with E-state index in [1.807, 2.05) is 6.92 Å². The molecular weight excluding hydrogens is 226 g/mol. The SMILES string of the molecule is CCC(C)(O)CNC(=O)Cc1csc(N)n1. The van der Waals surface area contributed by atoms with Gasteiger partial charge in [0.15, 0.2) is 5.13 Å². The summed E-state index contributed by atoms with van der Waals surface area (Å²) >= 11 is 1.31. The van der Waals surface area contributed by atoms with Crippen molar-refractivity contribution in [1.29, 1.82) is 0 Å². The summed E-state index contributed by atoms with van der Waals surface area (Å²) in [5, 5.41) is 14.6. The van der Waals surface area contributed by atoms with E-state index in [0.717, 1.165) is 0 Å². The Morgan fingerprint density at radius 3 is 2.94 bits per heavy atom. The standard InChI is InChI=1S/C10H17N3O2S/c1-3-10(2,15)6-12-8(14)4-7-5-16-9(11)13-7/h5,15H,3-4,6H2,1-2H3,(H2,11,13)(H,12,14). The van der Waals surface area contributed by atoms with E-state index in [1.165, 1.54) is 11.3 Å². The number of amides is 1. The third kappa shape index (κ3) is 4.16. The van der Waals surface area contributed by atoms with E-state index >= 15 is 0 Å². The molecule has 1 unspecified atom stereocenters. The predicted octanol–water partition coefficient (Wildman–Crippen LogP) is 0.545. The summed E-state index contributed by atoms with van der Waals surface area (Å²) in [5.74, 6) is -0.154. The van der Waals surface area contributed by atoms with Gasteiger partial charge in [0.1, 0.15) is 0 Å². The van der Waals surface area contributed by atoms with Crippen LogP contribution in [0.1, 0.15) is 26.0 Å². The van der Waals surface area contributed by atoms with Crippen LogP contribution in [0, 0.1) is 0 Å². The Morgan fingerprint density at radius 1 is 1.75 bits per heavy atom. The highest BCUT2D eigenvalue weighted by atomic mass is 32.1. The molecule has 5 nitrogen and oxygen atoms in total. The number of nitrogens with one attached hydrogen (secondary N) is 1. The molecule has 1 amide bonds. The van der Waals surface area contributed by atoms with Gasteiger partial charge in [0.25, 0.3) is 0 Å². The van der Waals surface area contributed by atoms with Crippen molar-refractivity contribution in [3.8, 4) is 0 Å². The van der Waals surface area contributed by atoms with Gasteiger partial charge in [0.05, 0.1) is 17.7 Å². The van der Waals surface area contributed by atoms with E-state index in [-0.39, 0.29) is 18.9 Å². The first-order chi connectivity index (χ1) is 7.43. The van der Waals surface area contributed by atoms with Crippen molar-refractivity contribution in [2.75, 3.05) is 12.3 Å². The molecule has 0 fully saturated rings. The largest absolute Gasteiger partial charge is 0.388 e. The molecule has 4 N–H and O–H groups in total. The van der Waals surface area contributed by atoms with Crippen LogP contribution in [-0.4, -0.2) is 28.1 Å². The average Bonchev–Trinajstić information content (AvgIpc) is 2.61. The number of nitrogens with two attached hydrogens (primary N) is 1. The Kier molecular flexibility index (Phi) is 4.26. The van der Waals surface area contributed by atoms with Crippen molar-refractivity contribution >= 4 is 22.4 Å². The summed E-state index contributed by atoms with van der Waals surface area (Å²) in [6.07, 6.45) is 0.796. The summed E-state index contributed by atoms with van der Waals surface area (Å²) in [6, 6.07) is 0. The van der Waals surface area contributed by atoms with Crippen LogP contribution in [-0.2, 0) is 11.2 Å². The van der Waals surface area contributed by atoms with Gasteiger partial charge in [-0.2, -0.15) is 0 Å². The third-order valence-corrected chi connectivity index (χ3v) is 3.06. The van der Waals surface area contributed by atoms with E-state index in [4.69, 9.17) is 5.73 Å². The van der Waals surface area contributed by atoms with Crippen molar-refractivity contribution in [3.05, 3.63) is 11.1 Å². The smallest absolute Gasteiger partial charge is 0.226 e. The van der Waals surface area contributed by atoms with Gasteiger partial charge in [0.2, 0.25) is 5.91 Å². The van der Waals surface area contributed by atoms with E-state index in [9.17, 15) is 9.90 Å². The minimum atomic E-state index is -0.850. The molecule has 1 atom stereocenters. The summed E-state index contributed by atoms with van der Waals surface area (Å²) in [5.41, 5.74) is 5.27. The zero-order valence-corrected chi connectivity index (χ0v) is 10.3. The molecule has 1 aromatic rings. The average molecular weight is 243 g/mol. The van der Waals surface area contributed by atoms with E-state index in [2.05, 4.69) is 10.3 Å². The lowest BCUT2D eigenvalue weighted by Crippen LogP contribution is -2.40. The van der Waals surface area contributed by atoms with Gasteiger partial charge in [-0.3, -0.25) is 4.79 Å². The molecule has 0 aliphatic heterocycles. The Balaban J connectivity index is 2.37. The van der Waals surface area contributed by atoms with Gasteiger partial charge in [-0.15, -0.1) is 11.3 Å². The number of aromatic nitrogens is 1. The van der Waals surface area contributed by atoms with Crippen LogP contribution in [0.3, 0.4) is 0 Å². The highest BCUT2D eigenvalue weighted by Crippen LogP contribution is 2.11. The number of anilines is 1. The first-order valence-corrected chi connectivity index (χ1v) is 6.00. The Hall–Kier alpha value is -1.14. The zero-order valence-electron chi connectivity index (χ0n) is 9.49. The fraction of sp³-hybridized carbons (Fsp3) is 0.600. The highest BCUT2D eigenvalue weighted by molar-refractivity contribution is 7.13. The number of nitrogen functional groups attached to an aromatic ring is 1. The van der Waals surface area contributed by atoms with Gasteiger partial charge in [-0.25, -0.2) is 4.98 Å². The molecule has 0 aliphatic carbocycles. The van der Waals surface area contributed by atoms with Crippen molar-refractivity contribution in [3.63, 3.8) is 0 Å². The van der Waals surface area contributed by atoms with E-state index < -0.39 is 5.60 Å². The summed E-state index contributed by atoms with van der Waals surface area (Å²) < 4.78 is 0. The van der Waals surface area contributed by atoms with Crippen molar-refractivity contribution < 1.29 is 9.90 Å². The molecule has 6 heteroatoms. The summed E-state index contributed by atoms with van der Waals surface area (Å²) in [6.45, 7) is 3.81. The van der Waals surface area contributed by atoms with Crippen LogP contribution < -0.4 is 11.1 Å². The summed E-state index contributed by atoms with van der Waals surface area (Å²) in [4.78, 5) is 15.5. The van der Waals surface area contributed by atoms with Crippen LogP contribution in [0.2, 0.25) is 0 Å². The number of hydrogen-bond donors (Lipinski definition) is 3. The van der Waals surface area contributed by atoms with Gasteiger partial charge in [-0.05, 0) is 13.3 Å². The quantitative estimate of drug-likeness (QED) is 0.704. The normalized spacial score (nSPS) is 14.4. The van der Waals surface area contributed by atoms with Gasteiger partial charge in [-0.1, -0.05) is 6.92 Å². The van der Waals surface area contributed by atoms with E-state index in [1.54, 1.807) is 12.3 Å². The first kappa shape index (κ1) is 12.9. The number of carbonyl (C=O) groups is 1. The topological polar surface area (TPSA) is 88.2 Å². The molecule has 16 heavy (non-hydrogen) atoms. The number of carbonyl (C=O) groups excluding carboxylic acids is 1. The first-order valence-electron chi connectivity index (χ1n) is 5.12. The minimum Gasteiger partial charge on any atom is -0.388 e. The van der Waals surface area contributed by atoms with Gasteiger partial charge >= 0.3 is 0 Å². The lowest BCUT2D eigenvalue weighted by atomic mass is 10.0. The summed E-state index contributed by atoms with van der Waals surface area (Å²) in [7, 11) is 0. The number of nitrogens with zero attached hydrogens (tertiary/aromatic N) is 1. The second-order valence-corrected chi connectivity index (χ2v) is 4.87. The maximum Gasteiger partial charge on any atom is 0.226 e. The van der Waals surface area contributed by atoms with Crippen LogP contribution in [0.5, 0.6) is 0 Å². The monoisotopic (exact) mass is 243 g/mol. The van der Waals surface area contributed by atoms with Crippen molar-refractivity contribution in [2.24, 2.45) is 0 Å². The molecule has 1 aromatic heterocycles. The number of hydrogen-bond acceptors (Lipinski definition) is 5. The second-order valence-electron chi connectivity index (χ2n) is 3.98. The highest BCUT2D eigenvalue weighted by Gasteiger charge is 2.18. The molecule has 0 aromatic carbocycles. The predicted molar refractivity (Wildman–Crippen MR) is 64.2 cm³/mol. The lowest BCUT2D eigenvalue weighted by Gasteiger charge is -2.21. The van der Waals surface area contributed by atoms with Crippen LogP contribution in [0.15, 0.2) is 5.38 Å². The molecular formula is C10H17N3O2S. The number of rotatable bonds is 5.